The van der Waals surface area contributed by atoms with Gasteiger partial charge in [-0.1, -0.05) is 43.3 Å². The number of nitrogens with one attached hydrogen (secondary N) is 1. The Morgan fingerprint density at radius 3 is 2.30 bits per heavy atom. The normalized spacial score (nSPS) is 28.8. The first-order valence-corrected chi connectivity index (χ1v) is 13.9. The van der Waals surface area contributed by atoms with Crippen LogP contribution in [0.25, 0.3) is 5.76 Å². The zero-order chi connectivity index (χ0) is 32.4. The van der Waals surface area contributed by atoms with E-state index in [1.807, 2.05) is 18.2 Å². The molecule has 0 bridgehead atoms. The second-order valence-electron chi connectivity index (χ2n) is 11.8. The lowest BCUT2D eigenvalue weighted by molar-refractivity contribution is -0.169. The number of ketones is 2. The number of phenols is 1. The summed E-state index contributed by atoms with van der Waals surface area (Å²) in [4.78, 5) is 53.7. The smallest absolute Gasteiger partial charge is 0.255 e. The summed E-state index contributed by atoms with van der Waals surface area (Å²) < 4.78 is 0. The number of aliphatic hydroxyl groups excluding tert-OH is 3. The molecule has 44 heavy (non-hydrogen) atoms. The van der Waals surface area contributed by atoms with Crippen LogP contribution in [0.1, 0.15) is 29.5 Å². The maximum atomic E-state index is 14.1. The number of benzene rings is 2. The number of hydrogen-bond donors (Lipinski definition) is 8. The average Bonchev–Trinajstić information content (AvgIpc) is 2.96. The number of nitrogens with two attached hydrogens (primary N) is 2. The Labute approximate surface area is 252 Å². The van der Waals surface area contributed by atoms with Gasteiger partial charge < -0.3 is 42.3 Å². The summed E-state index contributed by atoms with van der Waals surface area (Å²) in [7, 11) is 2.87. The van der Waals surface area contributed by atoms with E-state index in [2.05, 4.69) is 5.32 Å². The topological polar surface area (TPSA) is 237 Å². The maximum absolute atomic E-state index is 14.1. The van der Waals surface area contributed by atoms with Crippen LogP contribution in [0.2, 0.25) is 0 Å². The first kappa shape index (κ1) is 30.9. The SMILES string of the molecule is C[C@H]1c2ccc(NC(=O)[C@H](N)Cc3ccccc3)c(O)c2C(O)=C2C(=O)[C@]3(O)C(O)=C(C(N)=O)C(=O)[C@@H](N(C)C)[C@@H]3[C@@H](O)C21. The summed E-state index contributed by atoms with van der Waals surface area (Å²) in [6, 6.07) is 9.51. The number of rotatable bonds is 6. The van der Waals surface area contributed by atoms with Crippen molar-refractivity contribution in [1.82, 2.24) is 4.90 Å². The number of aromatic hydroxyl groups is 1. The van der Waals surface area contributed by atoms with Gasteiger partial charge in [-0.05, 0) is 43.6 Å². The van der Waals surface area contributed by atoms with Crippen molar-refractivity contribution in [2.45, 2.75) is 43.1 Å². The number of phenolic OH excluding ortho intramolecular Hbond substituents is 1. The van der Waals surface area contributed by atoms with E-state index >= 15 is 0 Å². The molecule has 0 radical (unpaired) electrons. The van der Waals surface area contributed by atoms with Crippen LogP contribution in [0.4, 0.5) is 5.69 Å². The van der Waals surface area contributed by atoms with Crippen molar-refractivity contribution in [3.8, 4) is 5.75 Å². The summed E-state index contributed by atoms with van der Waals surface area (Å²) in [6.07, 6.45) is -1.50. The van der Waals surface area contributed by atoms with Crippen LogP contribution in [0.15, 0.2) is 59.4 Å². The number of carbonyl (C=O) groups excluding carboxylic acids is 4. The molecule has 13 nitrogen and oxygen atoms in total. The molecule has 0 aliphatic heterocycles. The minimum Gasteiger partial charge on any atom is -0.508 e. The first-order valence-electron chi connectivity index (χ1n) is 13.9. The fourth-order valence-electron chi connectivity index (χ4n) is 6.90. The van der Waals surface area contributed by atoms with E-state index in [9.17, 15) is 44.7 Å². The molecule has 0 heterocycles. The number of aliphatic hydroxyl groups is 4. The molecule has 1 fully saturated rings. The van der Waals surface area contributed by atoms with Crippen molar-refractivity contribution in [3.63, 3.8) is 0 Å². The number of hydrogen-bond acceptors (Lipinski definition) is 11. The van der Waals surface area contributed by atoms with Gasteiger partial charge in [-0.25, -0.2) is 0 Å². The van der Waals surface area contributed by atoms with Gasteiger partial charge in [0.25, 0.3) is 5.91 Å². The number of carbonyl (C=O) groups is 4. The van der Waals surface area contributed by atoms with Crippen LogP contribution < -0.4 is 16.8 Å². The van der Waals surface area contributed by atoms with Gasteiger partial charge in [0.15, 0.2) is 11.4 Å². The van der Waals surface area contributed by atoms with Gasteiger partial charge in [0.05, 0.1) is 35.4 Å². The number of primary amides is 1. The number of anilines is 1. The van der Waals surface area contributed by atoms with Gasteiger partial charge in [-0.15, -0.1) is 0 Å². The lowest BCUT2D eigenvalue weighted by Gasteiger charge is -2.53. The van der Waals surface area contributed by atoms with Crippen molar-refractivity contribution < 1.29 is 44.7 Å². The van der Waals surface area contributed by atoms with Gasteiger partial charge in [-0.2, -0.15) is 0 Å². The quantitative estimate of drug-likeness (QED) is 0.161. The molecule has 10 N–H and O–H groups in total. The summed E-state index contributed by atoms with van der Waals surface area (Å²) in [6.45, 7) is 1.62. The summed E-state index contributed by atoms with van der Waals surface area (Å²) >= 11 is 0. The van der Waals surface area contributed by atoms with Crippen molar-refractivity contribution in [2.24, 2.45) is 23.3 Å². The molecule has 5 rings (SSSR count). The van der Waals surface area contributed by atoms with Crippen LogP contribution in [0, 0.1) is 11.8 Å². The molecular formula is C31H34N4O9. The molecule has 0 aromatic heterocycles. The predicted octanol–water partition coefficient (Wildman–Crippen LogP) is 0.00430. The van der Waals surface area contributed by atoms with E-state index in [0.29, 0.717) is 5.56 Å². The van der Waals surface area contributed by atoms with Crippen molar-refractivity contribution in [2.75, 3.05) is 19.4 Å². The Kier molecular flexibility index (Phi) is 7.62. The second kappa shape index (κ2) is 10.9. The van der Waals surface area contributed by atoms with Crippen LogP contribution in [0.5, 0.6) is 5.75 Å². The lowest BCUT2D eigenvalue weighted by atomic mass is 9.54. The largest absolute Gasteiger partial charge is 0.508 e. The van der Waals surface area contributed by atoms with E-state index in [0.717, 1.165) is 5.56 Å². The van der Waals surface area contributed by atoms with Crippen LogP contribution >= 0.6 is 0 Å². The number of nitrogens with zero attached hydrogens (tertiary/aromatic N) is 1. The Balaban J connectivity index is 1.60. The maximum Gasteiger partial charge on any atom is 0.255 e. The fraction of sp³-hybridized carbons (Fsp3) is 0.355. The minimum atomic E-state index is -3.02. The highest BCUT2D eigenvalue weighted by atomic mass is 16.4. The van der Waals surface area contributed by atoms with Gasteiger partial charge in [0.1, 0.15) is 22.8 Å². The molecule has 1 saturated carbocycles. The molecular weight excluding hydrogens is 572 g/mol. The number of fused-ring (bicyclic) bond motifs is 3. The third-order valence-corrected chi connectivity index (χ3v) is 9.02. The molecule has 13 heteroatoms. The van der Waals surface area contributed by atoms with Crippen LogP contribution in [0.3, 0.4) is 0 Å². The minimum absolute atomic E-state index is 0.120. The van der Waals surface area contributed by atoms with E-state index in [1.54, 1.807) is 19.1 Å². The van der Waals surface area contributed by atoms with Gasteiger partial charge in [0.2, 0.25) is 11.7 Å². The lowest BCUT2D eigenvalue weighted by Crippen LogP contribution is -2.70. The number of likely N-dealkylation sites (N-methyl/N-ethyl adjacent to an activating group) is 1. The van der Waals surface area contributed by atoms with E-state index in [4.69, 9.17) is 11.5 Å². The molecule has 0 spiro atoms. The molecule has 232 valence electrons. The molecule has 2 aromatic carbocycles. The summed E-state index contributed by atoms with van der Waals surface area (Å²) in [5.74, 6) is -10.6. The fourth-order valence-corrected chi connectivity index (χ4v) is 6.90. The highest BCUT2D eigenvalue weighted by molar-refractivity contribution is 6.24. The van der Waals surface area contributed by atoms with Gasteiger partial charge >= 0.3 is 0 Å². The molecule has 1 unspecified atom stereocenters. The summed E-state index contributed by atoms with van der Waals surface area (Å²) in [5.41, 5.74) is 7.63. The monoisotopic (exact) mass is 606 g/mol. The Hall–Kier alpha value is -4.56. The molecule has 7 atom stereocenters. The van der Waals surface area contributed by atoms with E-state index in [1.165, 1.54) is 31.1 Å². The standard InChI is InChI=1S/C31H34N4O9/c1-12-14-9-10-16(34-30(43)15(32)11-13-7-5-4-6-8-13)23(36)18(14)24(37)19-17(12)25(38)21-22(35(2)3)26(39)20(29(33)42)28(41)31(21,44)27(19)40/h4-10,12,15,17,21-22,25,36-38,41,44H,11,32H2,1-3H3,(H2,33,42)(H,34,43)/t12-,15+,17?,21+,22-,25-,31-/m0/s1. The highest BCUT2D eigenvalue weighted by Gasteiger charge is 2.68. The zero-order valence-corrected chi connectivity index (χ0v) is 24.2. The highest BCUT2D eigenvalue weighted by Crippen LogP contribution is 2.56. The molecule has 0 saturated heterocycles. The summed E-state index contributed by atoms with van der Waals surface area (Å²) in [5, 5.41) is 59.7. The van der Waals surface area contributed by atoms with Gasteiger partial charge in [0, 0.05) is 11.5 Å². The molecule has 2 amide bonds. The van der Waals surface area contributed by atoms with E-state index < -0.39 is 93.3 Å². The van der Waals surface area contributed by atoms with Crippen molar-refractivity contribution in [1.29, 1.82) is 0 Å². The molecule has 3 aliphatic carbocycles. The van der Waals surface area contributed by atoms with Crippen molar-refractivity contribution >= 4 is 34.8 Å². The Morgan fingerprint density at radius 2 is 1.70 bits per heavy atom. The Bertz CT molecular complexity index is 1650. The van der Waals surface area contributed by atoms with Crippen LogP contribution in [-0.4, -0.2) is 91.7 Å². The number of Topliss-reactive ketones (excluding diaryl/α,β-unsaturated/α-hetero) is 2. The Morgan fingerprint density at radius 1 is 1.07 bits per heavy atom. The van der Waals surface area contributed by atoms with Gasteiger partial charge in [-0.3, -0.25) is 24.1 Å². The molecule has 3 aliphatic rings. The third-order valence-electron chi connectivity index (χ3n) is 9.02. The molecule has 2 aromatic rings. The second-order valence-corrected chi connectivity index (χ2v) is 11.8. The van der Waals surface area contributed by atoms with E-state index in [-0.39, 0.29) is 17.7 Å². The number of amides is 2. The van der Waals surface area contributed by atoms with Crippen LogP contribution in [-0.2, 0) is 25.6 Å². The zero-order valence-electron chi connectivity index (χ0n) is 24.2. The first-order chi connectivity index (χ1) is 20.6. The third kappa shape index (κ3) is 4.39. The predicted molar refractivity (Wildman–Crippen MR) is 157 cm³/mol. The average molecular weight is 607 g/mol. The van der Waals surface area contributed by atoms with Crippen molar-refractivity contribution in [3.05, 3.63) is 76.1 Å².